The van der Waals surface area contributed by atoms with Crippen molar-refractivity contribution in [2.24, 2.45) is 0 Å². The first-order chi connectivity index (χ1) is 9.04. The number of pyridine rings is 1. The fourth-order valence-corrected chi connectivity index (χ4v) is 2.53. The molecule has 0 atom stereocenters. The number of rotatable bonds is 1. The normalized spacial score (nSPS) is 11.9. The molecule has 0 radical (unpaired) electrons. The number of hydrogen-bond acceptors (Lipinski definition) is 3. The molecule has 0 fully saturated rings. The molecule has 0 amide bonds. The first-order valence-corrected chi connectivity index (χ1v) is 6.30. The van der Waals surface area contributed by atoms with Crippen LogP contribution in [0.25, 0.3) is 21.5 Å². The molecule has 2 heterocycles. The molecule has 0 aliphatic heterocycles. The third-order valence-electron chi connectivity index (χ3n) is 2.63. The summed E-state index contributed by atoms with van der Waals surface area (Å²) in [5, 5.41) is 2.22. The lowest BCUT2D eigenvalue weighted by Crippen LogP contribution is -2.04. The van der Waals surface area contributed by atoms with Crippen molar-refractivity contribution in [1.29, 1.82) is 0 Å². The summed E-state index contributed by atoms with van der Waals surface area (Å²) < 4.78 is 37.5. The highest BCUT2D eigenvalue weighted by molar-refractivity contribution is 7.13. The summed E-state index contributed by atoms with van der Waals surface area (Å²) in [5.41, 5.74) is 0.540. The molecule has 0 aliphatic carbocycles. The Labute approximate surface area is 110 Å². The van der Waals surface area contributed by atoms with Crippen LogP contribution < -0.4 is 0 Å². The van der Waals surface area contributed by atoms with Crippen LogP contribution in [0.3, 0.4) is 0 Å². The molecule has 1 aromatic carbocycles. The molecule has 96 valence electrons. The minimum atomic E-state index is -4.40. The van der Waals surface area contributed by atoms with Gasteiger partial charge in [-0.15, -0.1) is 11.3 Å². The number of aromatic nitrogens is 2. The highest BCUT2D eigenvalue weighted by Crippen LogP contribution is 2.33. The van der Waals surface area contributed by atoms with E-state index in [4.69, 9.17) is 0 Å². The van der Waals surface area contributed by atoms with Crippen molar-refractivity contribution in [2.45, 2.75) is 6.18 Å². The molecule has 6 heteroatoms. The summed E-state index contributed by atoms with van der Waals surface area (Å²) in [6, 6.07) is 9.23. The molecule has 19 heavy (non-hydrogen) atoms. The fourth-order valence-electron chi connectivity index (χ4n) is 1.72. The summed E-state index contributed by atoms with van der Waals surface area (Å²) in [5.74, 6) is 0. The Morgan fingerprint density at radius 3 is 2.63 bits per heavy atom. The summed E-state index contributed by atoms with van der Waals surface area (Å²) >= 11 is 0.967. The second-order valence-electron chi connectivity index (χ2n) is 3.95. The number of nitrogens with zero attached hydrogens (tertiary/aromatic N) is 2. The molecule has 3 rings (SSSR count). The third-order valence-corrected chi connectivity index (χ3v) is 3.52. The van der Waals surface area contributed by atoms with E-state index < -0.39 is 11.9 Å². The van der Waals surface area contributed by atoms with Crippen LogP contribution in [0.4, 0.5) is 13.2 Å². The highest BCUT2D eigenvalue weighted by Gasteiger charge is 2.33. The Kier molecular flexibility index (Phi) is 2.74. The van der Waals surface area contributed by atoms with Gasteiger partial charge in [0, 0.05) is 22.5 Å². The average molecular weight is 280 g/mol. The Morgan fingerprint density at radius 2 is 1.89 bits per heavy atom. The monoisotopic (exact) mass is 280 g/mol. The molecule has 0 saturated carbocycles. The van der Waals surface area contributed by atoms with E-state index in [1.165, 1.54) is 0 Å². The third kappa shape index (κ3) is 2.31. The quantitative estimate of drug-likeness (QED) is 0.661. The maximum Gasteiger partial charge on any atom is 0.434 e. The minimum absolute atomic E-state index is 0.325. The predicted molar refractivity (Wildman–Crippen MR) is 67.9 cm³/mol. The molecular formula is C13H7F3N2S. The molecule has 2 aromatic heterocycles. The topological polar surface area (TPSA) is 25.8 Å². The first-order valence-electron chi connectivity index (χ1n) is 5.42. The summed E-state index contributed by atoms with van der Waals surface area (Å²) in [7, 11) is 0. The van der Waals surface area contributed by atoms with Gasteiger partial charge in [0.2, 0.25) is 0 Å². The maximum atomic E-state index is 12.5. The van der Waals surface area contributed by atoms with Gasteiger partial charge in [-0.1, -0.05) is 18.2 Å². The first kappa shape index (κ1) is 12.1. The zero-order valence-corrected chi connectivity index (χ0v) is 10.3. The van der Waals surface area contributed by atoms with E-state index in [1.807, 2.05) is 24.3 Å². The Hall–Kier alpha value is -1.95. The van der Waals surface area contributed by atoms with Gasteiger partial charge in [0.25, 0.3) is 0 Å². The lowest BCUT2D eigenvalue weighted by Gasteiger charge is -2.01. The number of alkyl halides is 3. The van der Waals surface area contributed by atoms with E-state index in [2.05, 4.69) is 9.97 Å². The van der Waals surface area contributed by atoms with E-state index in [1.54, 1.807) is 12.3 Å². The van der Waals surface area contributed by atoms with Crippen molar-refractivity contribution in [2.75, 3.05) is 0 Å². The fraction of sp³-hybridized carbons (Fsp3) is 0.0769. The Bertz CT molecular complexity index is 734. The standard InChI is InChI=1S/C13H7F3N2S/c14-13(15,16)11-7-19-12(18-11)9-5-8-3-1-2-4-10(8)17-6-9/h1-7H. The van der Waals surface area contributed by atoms with Crippen molar-refractivity contribution in [1.82, 2.24) is 9.97 Å². The second kappa shape index (κ2) is 4.31. The van der Waals surface area contributed by atoms with E-state index in [0.29, 0.717) is 10.6 Å². The number of fused-ring (bicyclic) bond motifs is 1. The second-order valence-corrected chi connectivity index (χ2v) is 4.81. The zero-order valence-electron chi connectivity index (χ0n) is 9.48. The van der Waals surface area contributed by atoms with Gasteiger partial charge in [-0.2, -0.15) is 13.2 Å². The summed E-state index contributed by atoms with van der Waals surface area (Å²) in [6.07, 6.45) is -2.86. The number of thiazole rings is 1. The number of halogens is 3. The van der Waals surface area contributed by atoms with E-state index in [9.17, 15) is 13.2 Å². The van der Waals surface area contributed by atoms with Crippen molar-refractivity contribution >= 4 is 22.2 Å². The van der Waals surface area contributed by atoms with Gasteiger partial charge in [-0.25, -0.2) is 4.98 Å². The summed E-state index contributed by atoms with van der Waals surface area (Å²) in [6.45, 7) is 0. The van der Waals surface area contributed by atoms with Crippen molar-refractivity contribution < 1.29 is 13.2 Å². The minimum Gasteiger partial charge on any atom is -0.256 e. The lowest BCUT2D eigenvalue weighted by atomic mass is 10.2. The molecular weight excluding hydrogens is 273 g/mol. The largest absolute Gasteiger partial charge is 0.434 e. The van der Waals surface area contributed by atoms with Crippen LogP contribution in [0.1, 0.15) is 5.69 Å². The van der Waals surface area contributed by atoms with Crippen LogP contribution in [0, 0.1) is 0 Å². The Morgan fingerprint density at radius 1 is 1.11 bits per heavy atom. The summed E-state index contributed by atoms with van der Waals surface area (Å²) in [4.78, 5) is 7.83. The van der Waals surface area contributed by atoms with Gasteiger partial charge < -0.3 is 0 Å². The van der Waals surface area contributed by atoms with E-state index in [-0.39, 0.29) is 0 Å². The molecule has 0 saturated heterocycles. The van der Waals surface area contributed by atoms with E-state index >= 15 is 0 Å². The molecule has 2 nitrogen and oxygen atoms in total. The number of para-hydroxylation sites is 1. The van der Waals surface area contributed by atoms with Crippen LogP contribution in [-0.4, -0.2) is 9.97 Å². The van der Waals surface area contributed by atoms with Gasteiger partial charge in [-0.3, -0.25) is 4.98 Å². The van der Waals surface area contributed by atoms with Gasteiger partial charge in [-0.05, 0) is 12.1 Å². The van der Waals surface area contributed by atoms with Gasteiger partial charge in [0.15, 0.2) is 5.69 Å². The average Bonchev–Trinajstić information content (AvgIpc) is 2.87. The van der Waals surface area contributed by atoms with E-state index in [0.717, 1.165) is 27.6 Å². The molecule has 0 N–H and O–H groups in total. The zero-order chi connectivity index (χ0) is 13.5. The SMILES string of the molecule is FC(F)(F)c1csc(-c2cnc3ccccc3c2)n1. The molecule has 0 unspecified atom stereocenters. The maximum absolute atomic E-state index is 12.5. The lowest BCUT2D eigenvalue weighted by molar-refractivity contribution is -0.140. The number of benzene rings is 1. The van der Waals surface area contributed by atoms with Crippen LogP contribution >= 0.6 is 11.3 Å². The van der Waals surface area contributed by atoms with Crippen LogP contribution in [0.2, 0.25) is 0 Å². The molecule has 0 spiro atoms. The van der Waals surface area contributed by atoms with Crippen molar-refractivity contribution in [3.63, 3.8) is 0 Å². The smallest absolute Gasteiger partial charge is 0.256 e. The van der Waals surface area contributed by atoms with Crippen LogP contribution in [-0.2, 0) is 6.18 Å². The highest BCUT2D eigenvalue weighted by atomic mass is 32.1. The van der Waals surface area contributed by atoms with Crippen molar-refractivity contribution in [3.8, 4) is 10.6 Å². The van der Waals surface area contributed by atoms with Crippen LogP contribution in [0.5, 0.6) is 0 Å². The van der Waals surface area contributed by atoms with Gasteiger partial charge >= 0.3 is 6.18 Å². The molecule has 3 aromatic rings. The Balaban J connectivity index is 2.07. The number of hydrogen-bond donors (Lipinski definition) is 0. The molecule has 0 bridgehead atoms. The van der Waals surface area contributed by atoms with Gasteiger partial charge in [0.05, 0.1) is 5.52 Å². The predicted octanol–water partition coefficient (Wildman–Crippen LogP) is 4.38. The molecule has 0 aliphatic rings. The van der Waals surface area contributed by atoms with Gasteiger partial charge in [0.1, 0.15) is 5.01 Å². The van der Waals surface area contributed by atoms with Crippen molar-refractivity contribution in [3.05, 3.63) is 47.6 Å². The van der Waals surface area contributed by atoms with Crippen LogP contribution in [0.15, 0.2) is 41.9 Å².